The van der Waals surface area contributed by atoms with E-state index in [0.29, 0.717) is 6.10 Å². The van der Waals surface area contributed by atoms with Gasteiger partial charge in [0.25, 0.3) is 0 Å². The van der Waals surface area contributed by atoms with Gasteiger partial charge in [-0.15, -0.1) is 0 Å². The van der Waals surface area contributed by atoms with Crippen molar-refractivity contribution in [1.82, 2.24) is 4.90 Å². The van der Waals surface area contributed by atoms with Crippen LogP contribution in [0.15, 0.2) is 0 Å². The molecule has 0 aromatic carbocycles. The third kappa shape index (κ3) is 3.97. The number of nitrogens with zero attached hydrogens (tertiary/aromatic N) is 1. The molecule has 1 fully saturated rings. The van der Waals surface area contributed by atoms with Gasteiger partial charge in [-0.05, 0) is 32.1 Å². The molecule has 1 heterocycles. The Morgan fingerprint density at radius 2 is 1.86 bits per heavy atom. The zero-order valence-electron chi connectivity index (χ0n) is 10.1. The second kappa shape index (κ2) is 5.72. The smallest absolute Gasteiger partial charge is 0.0518 e. The third-order valence-electron chi connectivity index (χ3n) is 3.00. The Morgan fingerprint density at radius 3 is 2.36 bits per heavy atom. The van der Waals surface area contributed by atoms with Crippen LogP contribution < -0.4 is 0 Å². The van der Waals surface area contributed by atoms with Crippen molar-refractivity contribution >= 4 is 0 Å². The van der Waals surface area contributed by atoms with Crippen LogP contribution in [-0.4, -0.2) is 37.2 Å². The zero-order valence-corrected chi connectivity index (χ0v) is 10.1. The average molecular weight is 199 g/mol. The summed E-state index contributed by atoms with van der Waals surface area (Å²) in [5.41, 5.74) is 0. The van der Waals surface area contributed by atoms with Gasteiger partial charge in [0.2, 0.25) is 0 Å². The summed E-state index contributed by atoms with van der Waals surface area (Å²) in [5, 5.41) is 0. The summed E-state index contributed by atoms with van der Waals surface area (Å²) in [6.45, 7) is 13.6. The molecule has 2 heteroatoms. The molecule has 0 bridgehead atoms. The van der Waals surface area contributed by atoms with Crippen molar-refractivity contribution in [1.29, 1.82) is 0 Å². The van der Waals surface area contributed by atoms with E-state index in [4.69, 9.17) is 4.74 Å². The lowest BCUT2D eigenvalue weighted by Gasteiger charge is -2.41. The Balaban J connectivity index is 1.91. The van der Waals surface area contributed by atoms with Crippen LogP contribution in [0.1, 0.15) is 34.1 Å². The number of rotatable bonds is 6. The molecule has 0 atom stereocenters. The molecule has 84 valence electrons. The van der Waals surface area contributed by atoms with Crippen molar-refractivity contribution in [3.8, 4) is 0 Å². The van der Waals surface area contributed by atoms with E-state index in [0.717, 1.165) is 18.4 Å². The molecular formula is C12H25NO. The van der Waals surface area contributed by atoms with Gasteiger partial charge < -0.3 is 9.64 Å². The Kier molecular flexibility index (Phi) is 4.90. The standard InChI is InChI=1S/C12H25NO/c1-10(2)12-8-13(9-12)6-5-7-14-11(3)4/h10-12H,5-9H2,1-4H3. The topological polar surface area (TPSA) is 12.5 Å². The maximum atomic E-state index is 5.51. The van der Waals surface area contributed by atoms with Crippen LogP contribution in [0.4, 0.5) is 0 Å². The minimum Gasteiger partial charge on any atom is -0.379 e. The third-order valence-corrected chi connectivity index (χ3v) is 3.00. The average Bonchev–Trinajstić information content (AvgIpc) is 1.98. The van der Waals surface area contributed by atoms with Crippen LogP contribution in [-0.2, 0) is 4.74 Å². The summed E-state index contributed by atoms with van der Waals surface area (Å²) < 4.78 is 5.51. The Bertz CT molecular complexity index is 150. The zero-order chi connectivity index (χ0) is 10.6. The minimum absolute atomic E-state index is 0.384. The first-order valence-corrected chi connectivity index (χ1v) is 5.93. The predicted octanol–water partition coefficient (Wildman–Crippen LogP) is 2.39. The summed E-state index contributed by atoms with van der Waals surface area (Å²) in [6.07, 6.45) is 1.57. The van der Waals surface area contributed by atoms with Crippen LogP contribution >= 0.6 is 0 Å². The Hall–Kier alpha value is -0.0800. The summed E-state index contributed by atoms with van der Waals surface area (Å²) >= 11 is 0. The van der Waals surface area contributed by atoms with Gasteiger partial charge >= 0.3 is 0 Å². The second-order valence-electron chi connectivity index (χ2n) is 5.04. The normalized spacial score (nSPS) is 19.3. The molecular weight excluding hydrogens is 174 g/mol. The highest BCUT2D eigenvalue weighted by Crippen LogP contribution is 2.22. The van der Waals surface area contributed by atoms with Crippen molar-refractivity contribution in [2.75, 3.05) is 26.2 Å². The van der Waals surface area contributed by atoms with Gasteiger partial charge in [0.15, 0.2) is 0 Å². The van der Waals surface area contributed by atoms with Gasteiger partial charge in [-0.25, -0.2) is 0 Å². The number of ether oxygens (including phenoxy) is 1. The molecule has 0 amide bonds. The minimum atomic E-state index is 0.384. The van der Waals surface area contributed by atoms with Gasteiger partial charge in [0.05, 0.1) is 6.10 Å². The van der Waals surface area contributed by atoms with Gasteiger partial charge in [-0.3, -0.25) is 0 Å². The van der Waals surface area contributed by atoms with Crippen LogP contribution in [0.25, 0.3) is 0 Å². The molecule has 0 aromatic rings. The number of hydrogen-bond donors (Lipinski definition) is 0. The lowest BCUT2D eigenvalue weighted by molar-refractivity contribution is 0.0391. The fourth-order valence-electron chi connectivity index (χ4n) is 1.82. The maximum absolute atomic E-state index is 5.51. The van der Waals surface area contributed by atoms with Crippen molar-refractivity contribution in [2.24, 2.45) is 11.8 Å². The first-order chi connectivity index (χ1) is 6.59. The van der Waals surface area contributed by atoms with Crippen molar-refractivity contribution in [3.63, 3.8) is 0 Å². The quantitative estimate of drug-likeness (QED) is 0.609. The highest BCUT2D eigenvalue weighted by Gasteiger charge is 2.27. The molecule has 14 heavy (non-hydrogen) atoms. The van der Waals surface area contributed by atoms with Crippen molar-refractivity contribution < 1.29 is 4.74 Å². The monoisotopic (exact) mass is 199 g/mol. The van der Waals surface area contributed by atoms with E-state index in [2.05, 4.69) is 32.6 Å². The molecule has 0 N–H and O–H groups in total. The first-order valence-electron chi connectivity index (χ1n) is 5.93. The number of hydrogen-bond acceptors (Lipinski definition) is 2. The highest BCUT2D eigenvalue weighted by atomic mass is 16.5. The molecule has 2 nitrogen and oxygen atoms in total. The summed E-state index contributed by atoms with van der Waals surface area (Å²) in [7, 11) is 0. The highest BCUT2D eigenvalue weighted by molar-refractivity contribution is 4.81. The summed E-state index contributed by atoms with van der Waals surface area (Å²) in [4.78, 5) is 2.54. The van der Waals surface area contributed by atoms with E-state index in [-0.39, 0.29) is 0 Å². The molecule has 1 rings (SSSR count). The van der Waals surface area contributed by atoms with Crippen molar-refractivity contribution in [3.05, 3.63) is 0 Å². The SMILES string of the molecule is CC(C)OCCCN1CC(C(C)C)C1. The molecule has 0 aromatic heterocycles. The van der Waals surface area contributed by atoms with Gasteiger partial charge in [0.1, 0.15) is 0 Å². The van der Waals surface area contributed by atoms with Crippen LogP contribution in [0.5, 0.6) is 0 Å². The fraction of sp³-hybridized carbons (Fsp3) is 1.00. The fourth-order valence-corrected chi connectivity index (χ4v) is 1.82. The number of likely N-dealkylation sites (tertiary alicyclic amines) is 1. The molecule has 1 aliphatic heterocycles. The molecule has 0 saturated carbocycles. The molecule has 0 unspecified atom stereocenters. The van der Waals surface area contributed by atoms with E-state index in [1.807, 2.05) is 0 Å². The predicted molar refractivity (Wildman–Crippen MR) is 60.5 cm³/mol. The van der Waals surface area contributed by atoms with E-state index in [1.54, 1.807) is 0 Å². The van der Waals surface area contributed by atoms with Crippen LogP contribution in [0.2, 0.25) is 0 Å². The summed E-state index contributed by atoms with van der Waals surface area (Å²) in [6, 6.07) is 0. The maximum Gasteiger partial charge on any atom is 0.0518 e. The van der Waals surface area contributed by atoms with Gasteiger partial charge in [-0.2, -0.15) is 0 Å². The lowest BCUT2D eigenvalue weighted by atomic mass is 9.88. The van der Waals surface area contributed by atoms with Crippen molar-refractivity contribution in [2.45, 2.75) is 40.2 Å². The molecule has 0 aliphatic carbocycles. The largest absolute Gasteiger partial charge is 0.379 e. The lowest BCUT2D eigenvalue weighted by Crippen LogP contribution is -2.49. The first kappa shape index (κ1) is 12.0. The van der Waals surface area contributed by atoms with Crippen LogP contribution in [0, 0.1) is 11.8 Å². The molecule has 1 aliphatic rings. The van der Waals surface area contributed by atoms with E-state index in [9.17, 15) is 0 Å². The Labute approximate surface area is 88.6 Å². The molecule has 0 spiro atoms. The van der Waals surface area contributed by atoms with E-state index < -0.39 is 0 Å². The van der Waals surface area contributed by atoms with Gasteiger partial charge in [-0.1, -0.05) is 13.8 Å². The summed E-state index contributed by atoms with van der Waals surface area (Å²) in [5.74, 6) is 1.80. The van der Waals surface area contributed by atoms with Crippen LogP contribution in [0.3, 0.4) is 0 Å². The second-order valence-corrected chi connectivity index (χ2v) is 5.04. The Morgan fingerprint density at radius 1 is 1.21 bits per heavy atom. The molecule has 1 saturated heterocycles. The van der Waals surface area contributed by atoms with E-state index >= 15 is 0 Å². The van der Waals surface area contributed by atoms with E-state index in [1.165, 1.54) is 26.1 Å². The molecule has 0 radical (unpaired) electrons. The van der Waals surface area contributed by atoms with Gasteiger partial charge in [0, 0.05) is 26.2 Å².